The van der Waals surface area contributed by atoms with Gasteiger partial charge in [0, 0.05) is 10.5 Å². The lowest BCUT2D eigenvalue weighted by Crippen LogP contribution is -2.23. The van der Waals surface area contributed by atoms with Crippen LogP contribution in [-0.4, -0.2) is 9.97 Å². The van der Waals surface area contributed by atoms with Crippen molar-refractivity contribution in [2.24, 2.45) is 0 Å². The van der Waals surface area contributed by atoms with E-state index in [9.17, 15) is 13.6 Å². The second-order valence-corrected chi connectivity index (χ2v) is 5.62. The van der Waals surface area contributed by atoms with Crippen molar-refractivity contribution in [1.29, 1.82) is 0 Å². The summed E-state index contributed by atoms with van der Waals surface area (Å²) < 4.78 is 27.1. The highest BCUT2D eigenvalue weighted by molar-refractivity contribution is 9.10. The van der Waals surface area contributed by atoms with E-state index in [0.717, 1.165) is 12.1 Å². The van der Waals surface area contributed by atoms with Crippen LogP contribution in [0.3, 0.4) is 0 Å². The second-order valence-electron chi connectivity index (χ2n) is 4.76. The number of aromatic amines is 1. The summed E-state index contributed by atoms with van der Waals surface area (Å²) in [6.45, 7) is 5.11. The van der Waals surface area contributed by atoms with Crippen molar-refractivity contribution in [3.05, 3.63) is 55.7 Å². The van der Waals surface area contributed by atoms with Crippen molar-refractivity contribution in [3.8, 4) is 0 Å². The Morgan fingerprint density at radius 3 is 2.57 bits per heavy atom. The van der Waals surface area contributed by atoms with E-state index in [-0.39, 0.29) is 15.7 Å². The van der Waals surface area contributed by atoms with Gasteiger partial charge in [-0.1, -0.05) is 0 Å². The Kier molecular flexibility index (Phi) is 4.41. The first-order valence-electron chi connectivity index (χ1n) is 6.28. The minimum atomic E-state index is -0.733. The van der Waals surface area contributed by atoms with Crippen LogP contribution in [0.25, 0.3) is 0 Å². The zero-order valence-corrected chi connectivity index (χ0v) is 13.3. The standard InChI is InChI=1S/C14H14BrF2N3O/c1-6-12(14(21)20-8(3)18-6)7(2)19-13-10(15)4-9(16)5-11(13)17/h4-5,7,19H,1-3H3,(H,18,20,21). The molecule has 1 unspecified atom stereocenters. The van der Waals surface area contributed by atoms with Crippen molar-refractivity contribution in [3.63, 3.8) is 0 Å². The van der Waals surface area contributed by atoms with Gasteiger partial charge in [-0.15, -0.1) is 0 Å². The lowest BCUT2D eigenvalue weighted by Gasteiger charge is -2.18. The molecule has 0 bridgehead atoms. The second kappa shape index (κ2) is 5.93. The third-order valence-corrected chi connectivity index (χ3v) is 3.69. The monoisotopic (exact) mass is 357 g/mol. The van der Waals surface area contributed by atoms with Gasteiger partial charge in [-0.25, -0.2) is 13.8 Å². The van der Waals surface area contributed by atoms with E-state index in [0.29, 0.717) is 17.1 Å². The van der Waals surface area contributed by atoms with Gasteiger partial charge >= 0.3 is 0 Å². The fourth-order valence-corrected chi connectivity index (χ4v) is 2.74. The summed E-state index contributed by atoms with van der Waals surface area (Å²) in [5, 5.41) is 2.87. The van der Waals surface area contributed by atoms with Crippen molar-refractivity contribution in [1.82, 2.24) is 9.97 Å². The third-order valence-electron chi connectivity index (χ3n) is 3.06. The third kappa shape index (κ3) is 3.29. The molecule has 0 spiro atoms. The van der Waals surface area contributed by atoms with Crippen molar-refractivity contribution >= 4 is 21.6 Å². The number of benzene rings is 1. The molecule has 4 nitrogen and oxygen atoms in total. The van der Waals surface area contributed by atoms with E-state index >= 15 is 0 Å². The van der Waals surface area contributed by atoms with E-state index in [4.69, 9.17) is 0 Å². The van der Waals surface area contributed by atoms with Gasteiger partial charge in [0.2, 0.25) is 0 Å². The molecule has 0 amide bonds. The zero-order chi connectivity index (χ0) is 15.7. The van der Waals surface area contributed by atoms with Gasteiger partial charge in [0.25, 0.3) is 5.56 Å². The topological polar surface area (TPSA) is 57.8 Å². The molecule has 0 saturated heterocycles. The van der Waals surface area contributed by atoms with Crippen LogP contribution in [0.2, 0.25) is 0 Å². The summed E-state index contributed by atoms with van der Waals surface area (Å²) in [6, 6.07) is 1.45. The Bertz CT molecular complexity index is 722. The fourth-order valence-electron chi connectivity index (χ4n) is 2.21. The van der Waals surface area contributed by atoms with Crippen LogP contribution in [0.4, 0.5) is 14.5 Å². The van der Waals surface area contributed by atoms with E-state index in [1.165, 1.54) is 0 Å². The van der Waals surface area contributed by atoms with Crippen molar-refractivity contribution < 1.29 is 8.78 Å². The molecule has 2 rings (SSSR count). The van der Waals surface area contributed by atoms with Crippen LogP contribution in [-0.2, 0) is 0 Å². The molecule has 1 heterocycles. The molecule has 1 aromatic carbocycles. The molecule has 1 atom stereocenters. The zero-order valence-electron chi connectivity index (χ0n) is 11.7. The predicted octanol–water partition coefficient (Wildman–Crippen LogP) is 3.60. The Balaban J connectivity index is 2.40. The van der Waals surface area contributed by atoms with E-state index in [2.05, 4.69) is 31.2 Å². The predicted molar refractivity (Wildman–Crippen MR) is 80.4 cm³/mol. The molecule has 7 heteroatoms. The molecule has 0 aliphatic carbocycles. The summed E-state index contributed by atoms with van der Waals surface area (Å²) in [6.07, 6.45) is 0. The minimum Gasteiger partial charge on any atom is -0.375 e. The van der Waals surface area contributed by atoms with Crippen LogP contribution >= 0.6 is 15.9 Å². The number of nitrogens with one attached hydrogen (secondary N) is 2. The number of nitrogens with zero attached hydrogens (tertiary/aromatic N) is 1. The van der Waals surface area contributed by atoms with Crippen LogP contribution in [0.1, 0.15) is 30.0 Å². The SMILES string of the molecule is Cc1nc(C)c(C(C)Nc2c(F)cc(F)cc2Br)c(=O)[nH]1. The smallest absolute Gasteiger partial charge is 0.256 e. The summed E-state index contributed by atoms with van der Waals surface area (Å²) in [4.78, 5) is 18.8. The van der Waals surface area contributed by atoms with E-state index in [1.807, 2.05) is 0 Å². The molecule has 0 fully saturated rings. The highest BCUT2D eigenvalue weighted by Gasteiger charge is 2.18. The fraction of sp³-hybridized carbons (Fsp3) is 0.286. The average molecular weight is 358 g/mol. The van der Waals surface area contributed by atoms with Gasteiger partial charge in [-0.05, 0) is 42.8 Å². The molecule has 2 N–H and O–H groups in total. The van der Waals surface area contributed by atoms with Crippen molar-refractivity contribution in [2.45, 2.75) is 26.8 Å². The number of halogens is 3. The maximum absolute atomic E-state index is 13.8. The van der Waals surface area contributed by atoms with Crippen LogP contribution < -0.4 is 10.9 Å². The van der Waals surface area contributed by atoms with Gasteiger partial charge in [0.15, 0.2) is 0 Å². The summed E-state index contributed by atoms with van der Waals surface area (Å²) in [5.74, 6) is -0.894. The number of H-pyrrole nitrogens is 1. The highest BCUT2D eigenvalue weighted by Crippen LogP contribution is 2.30. The van der Waals surface area contributed by atoms with Crippen molar-refractivity contribution in [2.75, 3.05) is 5.32 Å². The maximum Gasteiger partial charge on any atom is 0.256 e. The lowest BCUT2D eigenvalue weighted by molar-refractivity contribution is 0.582. The Morgan fingerprint density at radius 2 is 2.00 bits per heavy atom. The van der Waals surface area contributed by atoms with E-state index < -0.39 is 17.7 Å². The lowest BCUT2D eigenvalue weighted by atomic mass is 10.1. The maximum atomic E-state index is 13.8. The molecule has 0 saturated carbocycles. The molecule has 2 aromatic rings. The van der Waals surface area contributed by atoms with Gasteiger partial charge in [0.05, 0.1) is 23.0 Å². The van der Waals surface area contributed by atoms with Gasteiger partial charge < -0.3 is 10.3 Å². The molecule has 0 aliphatic rings. The first-order valence-corrected chi connectivity index (χ1v) is 7.07. The number of hydrogen-bond acceptors (Lipinski definition) is 3. The van der Waals surface area contributed by atoms with Crippen LogP contribution in [0.15, 0.2) is 21.4 Å². The normalized spacial score (nSPS) is 12.3. The minimum absolute atomic E-state index is 0.100. The largest absolute Gasteiger partial charge is 0.375 e. The number of aromatic nitrogens is 2. The van der Waals surface area contributed by atoms with Gasteiger partial charge in [0.1, 0.15) is 17.5 Å². The Morgan fingerprint density at radius 1 is 1.33 bits per heavy atom. The Hall–Kier alpha value is -1.76. The number of rotatable bonds is 3. The number of aryl methyl sites for hydroxylation is 2. The highest BCUT2D eigenvalue weighted by atomic mass is 79.9. The number of anilines is 1. The van der Waals surface area contributed by atoms with Gasteiger partial charge in [-0.2, -0.15) is 0 Å². The molecule has 21 heavy (non-hydrogen) atoms. The first kappa shape index (κ1) is 15.6. The summed E-state index contributed by atoms with van der Waals surface area (Å²) in [7, 11) is 0. The molecule has 112 valence electrons. The molecule has 0 radical (unpaired) electrons. The molecule has 0 aliphatic heterocycles. The molecule has 1 aromatic heterocycles. The first-order chi connectivity index (χ1) is 9.79. The summed E-state index contributed by atoms with van der Waals surface area (Å²) >= 11 is 3.10. The average Bonchev–Trinajstić information content (AvgIpc) is 2.32. The Labute approximate surface area is 128 Å². The van der Waals surface area contributed by atoms with Crippen LogP contribution in [0.5, 0.6) is 0 Å². The molecular formula is C14H14BrF2N3O. The van der Waals surface area contributed by atoms with E-state index in [1.54, 1.807) is 20.8 Å². The van der Waals surface area contributed by atoms with Crippen LogP contribution in [0, 0.1) is 25.5 Å². The quantitative estimate of drug-likeness (QED) is 0.882. The van der Waals surface area contributed by atoms with Gasteiger partial charge in [-0.3, -0.25) is 4.79 Å². The summed E-state index contributed by atoms with van der Waals surface area (Å²) in [5.41, 5.74) is 0.799. The number of hydrogen-bond donors (Lipinski definition) is 2. The molecular weight excluding hydrogens is 344 g/mol.